The van der Waals surface area contributed by atoms with E-state index in [2.05, 4.69) is 36.4 Å². The Kier molecular flexibility index (Phi) is 11.3. The van der Waals surface area contributed by atoms with Crippen LogP contribution in [0.25, 0.3) is 11.4 Å². The number of H-pyrrole nitrogens is 1. The summed E-state index contributed by atoms with van der Waals surface area (Å²) < 4.78 is 72.0. The van der Waals surface area contributed by atoms with E-state index in [1.807, 2.05) is 0 Å². The van der Waals surface area contributed by atoms with Crippen LogP contribution in [0.1, 0.15) is 57.8 Å². The molecule has 2 aromatic carbocycles. The number of hydrogen-bond donors (Lipinski definition) is 3. The minimum absolute atomic E-state index is 0.0903. The van der Waals surface area contributed by atoms with Crippen LogP contribution in [0.5, 0.6) is 0 Å². The van der Waals surface area contributed by atoms with E-state index in [0.29, 0.717) is 32.2 Å². The molecule has 1 aromatic heterocycles. The number of rotatable bonds is 9. The highest BCUT2D eigenvalue weighted by molar-refractivity contribution is 9.10. The van der Waals surface area contributed by atoms with Crippen LogP contribution in [-0.4, -0.2) is 57.5 Å². The topological polar surface area (TPSA) is 143 Å². The van der Waals surface area contributed by atoms with Gasteiger partial charge in [-0.25, -0.2) is 14.7 Å². The van der Waals surface area contributed by atoms with Gasteiger partial charge >= 0.3 is 18.2 Å². The number of nitrogens with zero attached hydrogens (tertiary/aromatic N) is 3. The van der Waals surface area contributed by atoms with Crippen LogP contribution in [0.2, 0.25) is 0 Å². The van der Waals surface area contributed by atoms with Gasteiger partial charge in [0, 0.05) is 22.5 Å². The van der Waals surface area contributed by atoms with Crippen molar-refractivity contribution in [3.63, 3.8) is 0 Å². The second-order valence-corrected chi connectivity index (χ2v) is 13.6. The summed E-state index contributed by atoms with van der Waals surface area (Å²) in [6, 6.07) is 11.4. The lowest BCUT2D eigenvalue weighted by molar-refractivity contribution is -0.292. The molecule has 0 bridgehead atoms. The molecule has 1 saturated carbocycles. The van der Waals surface area contributed by atoms with Gasteiger partial charge in [0.05, 0.1) is 11.7 Å². The second kappa shape index (κ2) is 14.7. The third-order valence-electron chi connectivity index (χ3n) is 7.78. The van der Waals surface area contributed by atoms with Gasteiger partial charge in [0.15, 0.2) is 5.82 Å². The Labute approximate surface area is 282 Å². The Hall–Kier alpha value is -3.92. The molecule has 1 heterocycles. The first-order valence-electron chi connectivity index (χ1n) is 15.2. The number of alkyl halides is 5. The van der Waals surface area contributed by atoms with Crippen molar-refractivity contribution in [2.24, 2.45) is 17.6 Å². The second-order valence-electron chi connectivity index (χ2n) is 12.7. The Morgan fingerprint density at radius 3 is 2.17 bits per heavy atom. The maximum atomic E-state index is 14.0. The van der Waals surface area contributed by atoms with E-state index in [1.165, 1.54) is 24.3 Å². The Morgan fingerprint density at radius 2 is 1.60 bits per heavy atom. The van der Waals surface area contributed by atoms with Crippen LogP contribution in [0.3, 0.4) is 0 Å². The number of imide groups is 1. The zero-order valence-corrected chi connectivity index (χ0v) is 28.0. The number of halogens is 6. The number of alkyl carbamates (subject to hydrolysis) is 1. The number of ether oxygens (including phenoxy) is 1. The Balaban J connectivity index is 1.52. The lowest BCUT2D eigenvalue weighted by Crippen LogP contribution is -2.50. The van der Waals surface area contributed by atoms with Gasteiger partial charge in [0.25, 0.3) is 5.91 Å². The Morgan fingerprint density at radius 1 is 1.00 bits per heavy atom. The van der Waals surface area contributed by atoms with Gasteiger partial charge in [-0.3, -0.25) is 14.7 Å². The minimum Gasteiger partial charge on any atom is -0.444 e. The number of aromatic nitrogens is 3. The molecular weight excluding hydrogens is 707 g/mol. The summed E-state index contributed by atoms with van der Waals surface area (Å²) in [5.41, 5.74) is 6.68. The van der Waals surface area contributed by atoms with Crippen molar-refractivity contribution in [3.05, 3.63) is 64.4 Å². The lowest BCUT2D eigenvalue weighted by Gasteiger charge is -2.32. The predicted molar refractivity (Wildman–Crippen MR) is 170 cm³/mol. The van der Waals surface area contributed by atoms with Crippen LogP contribution < -0.4 is 16.0 Å². The van der Waals surface area contributed by atoms with Gasteiger partial charge in [-0.15, -0.1) is 0 Å². The van der Waals surface area contributed by atoms with Gasteiger partial charge in [0.1, 0.15) is 5.60 Å². The first kappa shape index (κ1) is 36.9. The summed E-state index contributed by atoms with van der Waals surface area (Å²) >= 11 is 3.36. The van der Waals surface area contributed by atoms with Gasteiger partial charge in [0.2, 0.25) is 11.7 Å². The maximum Gasteiger partial charge on any atom is 0.461 e. The molecule has 1 atom stereocenters. The molecule has 10 nitrogen and oxygen atoms in total. The van der Waals surface area contributed by atoms with Gasteiger partial charge in [-0.2, -0.15) is 27.1 Å². The third-order valence-corrected chi connectivity index (χ3v) is 8.31. The number of benzene rings is 2. The van der Waals surface area contributed by atoms with Gasteiger partial charge in [-0.05, 0) is 101 Å². The average molecular weight is 744 g/mol. The standard InChI is InChI=1S/C32H36BrF5N6O4/c1-30(2,3)48-29(47)40-17-19-4-8-21(9-5-19)26(45)44(27(46)24(39)16-18-6-12-22(33)13-7-18)23-14-10-20(11-15-23)25-41-28(43-42-25)31(34,35)32(36,37)38/h6-7,10-15,19,21,24H,4-5,8-9,16-17,39H2,1-3H3,(H,40,47)(H,41,42,43)/t19-,21-,24-/m0/s1. The number of aromatic amines is 1. The van der Waals surface area contributed by atoms with Crippen molar-refractivity contribution >= 4 is 39.5 Å². The zero-order valence-electron chi connectivity index (χ0n) is 26.4. The number of carbonyl (C=O) groups is 3. The van der Waals surface area contributed by atoms with Crippen molar-refractivity contribution in [1.29, 1.82) is 0 Å². The number of carbonyl (C=O) groups excluding carboxylic acids is 3. The fourth-order valence-corrected chi connectivity index (χ4v) is 5.52. The van der Waals surface area contributed by atoms with Crippen LogP contribution >= 0.6 is 15.9 Å². The summed E-state index contributed by atoms with van der Waals surface area (Å²) in [7, 11) is 0. The number of nitrogens with two attached hydrogens (primary N) is 1. The highest BCUT2D eigenvalue weighted by atomic mass is 79.9. The molecule has 16 heteroatoms. The smallest absolute Gasteiger partial charge is 0.444 e. The van der Waals surface area contributed by atoms with Crippen LogP contribution in [0, 0.1) is 11.8 Å². The quantitative estimate of drug-likeness (QED) is 0.209. The molecule has 4 rings (SSSR count). The molecule has 4 N–H and O–H groups in total. The molecule has 0 saturated heterocycles. The van der Waals surface area contributed by atoms with Crippen molar-refractivity contribution in [1.82, 2.24) is 20.5 Å². The molecule has 1 fully saturated rings. The molecule has 3 amide bonds. The summed E-state index contributed by atoms with van der Waals surface area (Å²) in [4.78, 5) is 44.2. The first-order valence-corrected chi connectivity index (χ1v) is 16.0. The van der Waals surface area contributed by atoms with E-state index in [4.69, 9.17) is 10.5 Å². The normalized spacial score (nSPS) is 17.8. The first-order chi connectivity index (χ1) is 22.4. The summed E-state index contributed by atoms with van der Waals surface area (Å²) in [5.74, 6) is -8.96. The van der Waals surface area contributed by atoms with Crippen molar-refractivity contribution in [2.75, 3.05) is 11.4 Å². The van der Waals surface area contributed by atoms with Gasteiger partial charge in [-0.1, -0.05) is 28.1 Å². The highest BCUT2D eigenvalue weighted by Gasteiger charge is 2.61. The van der Waals surface area contributed by atoms with E-state index in [-0.39, 0.29) is 29.4 Å². The van der Waals surface area contributed by atoms with E-state index in [9.17, 15) is 36.3 Å². The summed E-state index contributed by atoms with van der Waals surface area (Å²) in [5, 5.41) is 7.88. The van der Waals surface area contributed by atoms with Crippen molar-refractivity contribution < 1.29 is 41.1 Å². The molecule has 1 aliphatic carbocycles. The maximum absolute atomic E-state index is 14.0. The van der Waals surface area contributed by atoms with E-state index < -0.39 is 53.4 Å². The number of amides is 3. The van der Waals surface area contributed by atoms with Crippen LogP contribution in [0.15, 0.2) is 53.0 Å². The summed E-state index contributed by atoms with van der Waals surface area (Å²) in [6.07, 6.45) is -4.19. The SMILES string of the molecule is CC(C)(C)OC(=O)NC[C@H]1CC[C@H](C(=O)N(C(=O)[C@@H](N)Cc2ccc(Br)cc2)c2ccc(-c3nc(C(F)(F)C(F)(F)F)n[nH]3)cc2)CC1. The van der Waals surface area contributed by atoms with E-state index in [1.54, 1.807) is 45.0 Å². The molecule has 260 valence electrons. The molecule has 0 radical (unpaired) electrons. The van der Waals surface area contributed by atoms with Crippen LogP contribution in [0.4, 0.5) is 32.4 Å². The predicted octanol–water partition coefficient (Wildman–Crippen LogP) is 6.65. The monoisotopic (exact) mass is 742 g/mol. The summed E-state index contributed by atoms with van der Waals surface area (Å²) in [6.45, 7) is 5.66. The van der Waals surface area contributed by atoms with E-state index >= 15 is 0 Å². The molecule has 48 heavy (non-hydrogen) atoms. The number of hydrogen-bond acceptors (Lipinski definition) is 7. The zero-order chi connectivity index (χ0) is 35.4. The number of nitrogens with one attached hydrogen (secondary N) is 2. The number of anilines is 1. The molecule has 3 aromatic rings. The third kappa shape index (κ3) is 9.15. The molecule has 0 aliphatic heterocycles. The van der Waals surface area contributed by atoms with Crippen LogP contribution in [-0.2, 0) is 26.7 Å². The fourth-order valence-electron chi connectivity index (χ4n) is 5.26. The van der Waals surface area contributed by atoms with E-state index in [0.717, 1.165) is 14.9 Å². The molecular formula is C32H36BrF5N6O4. The lowest BCUT2D eigenvalue weighted by atomic mass is 9.81. The average Bonchev–Trinajstić information content (AvgIpc) is 3.52. The van der Waals surface area contributed by atoms with Crippen molar-refractivity contribution in [2.45, 2.75) is 76.6 Å². The molecule has 1 aliphatic rings. The Bertz CT molecular complexity index is 1580. The van der Waals surface area contributed by atoms with Crippen molar-refractivity contribution in [3.8, 4) is 11.4 Å². The highest BCUT2D eigenvalue weighted by Crippen LogP contribution is 2.42. The molecule has 0 unspecified atom stereocenters. The molecule has 0 spiro atoms. The fraction of sp³-hybridized carbons (Fsp3) is 0.469. The minimum atomic E-state index is -5.89. The van der Waals surface area contributed by atoms with Gasteiger partial charge < -0.3 is 15.8 Å². The largest absolute Gasteiger partial charge is 0.461 e.